The van der Waals surface area contributed by atoms with Crippen LogP contribution in [0, 0.1) is 11.3 Å². The zero-order valence-electron chi connectivity index (χ0n) is 13.9. The minimum atomic E-state index is -0.448. The summed E-state index contributed by atoms with van der Waals surface area (Å²) in [5.41, 5.74) is 5.82. The van der Waals surface area contributed by atoms with Crippen molar-refractivity contribution in [3.8, 4) is 0 Å². The van der Waals surface area contributed by atoms with Gasteiger partial charge in [-0.2, -0.15) is 0 Å². The molecule has 0 aliphatic heterocycles. The zero-order chi connectivity index (χ0) is 15.3. The lowest BCUT2D eigenvalue weighted by atomic mass is 9.83. The fraction of sp³-hybridized carbons (Fsp3) is 0.938. The minimum absolute atomic E-state index is 0.0276. The molecule has 0 radical (unpaired) electrons. The molecule has 4 nitrogen and oxygen atoms in total. The molecule has 4 heteroatoms. The first kappa shape index (κ1) is 17.4. The largest absolute Gasteiger partial charge is 0.353 e. The molecule has 0 aromatic heterocycles. The highest BCUT2D eigenvalue weighted by atomic mass is 16.2. The first-order valence-electron chi connectivity index (χ1n) is 7.93. The second-order valence-electron chi connectivity index (χ2n) is 7.52. The number of carbonyl (C=O) groups is 1. The summed E-state index contributed by atoms with van der Waals surface area (Å²) in [6.07, 6.45) is 6.57. The van der Waals surface area contributed by atoms with Crippen LogP contribution >= 0.6 is 0 Å². The molecule has 0 aromatic rings. The van der Waals surface area contributed by atoms with Gasteiger partial charge < -0.3 is 16.0 Å². The van der Waals surface area contributed by atoms with Gasteiger partial charge in [0.1, 0.15) is 0 Å². The third kappa shape index (κ3) is 5.06. The third-order valence-electron chi connectivity index (χ3n) is 4.56. The molecular formula is C16H33N3O. The molecule has 1 fully saturated rings. The maximum absolute atomic E-state index is 12.1. The van der Waals surface area contributed by atoms with E-state index in [4.69, 9.17) is 5.73 Å². The van der Waals surface area contributed by atoms with Crippen LogP contribution in [0.1, 0.15) is 52.9 Å². The molecule has 20 heavy (non-hydrogen) atoms. The standard InChI is InChI=1S/C16H33N3O/c1-16(2,3)14(17)15(20)18-11-13(19(4)5)12-9-7-6-8-10-12/h12-14H,6-11,17H2,1-5H3,(H,18,20)/t13?,14-/m1/s1. The summed E-state index contributed by atoms with van der Waals surface area (Å²) < 4.78 is 0. The summed E-state index contributed by atoms with van der Waals surface area (Å²) in [5, 5.41) is 3.06. The van der Waals surface area contributed by atoms with Crippen molar-refractivity contribution in [3.05, 3.63) is 0 Å². The second-order valence-corrected chi connectivity index (χ2v) is 7.52. The van der Waals surface area contributed by atoms with E-state index in [-0.39, 0.29) is 11.3 Å². The minimum Gasteiger partial charge on any atom is -0.353 e. The molecule has 1 rings (SSSR count). The highest BCUT2D eigenvalue weighted by Gasteiger charge is 2.30. The molecule has 1 aliphatic rings. The van der Waals surface area contributed by atoms with Gasteiger partial charge in [0, 0.05) is 12.6 Å². The van der Waals surface area contributed by atoms with Gasteiger partial charge in [-0.3, -0.25) is 4.79 Å². The van der Waals surface area contributed by atoms with Crippen LogP contribution in [0.5, 0.6) is 0 Å². The Morgan fingerprint density at radius 2 is 1.80 bits per heavy atom. The monoisotopic (exact) mass is 283 g/mol. The molecule has 1 aliphatic carbocycles. The van der Waals surface area contributed by atoms with Gasteiger partial charge in [0.2, 0.25) is 5.91 Å². The van der Waals surface area contributed by atoms with E-state index in [1.807, 2.05) is 20.8 Å². The van der Waals surface area contributed by atoms with Crippen LogP contribution in [-0.2, 0) is 4.79 Å². The lowest BCUT2D eigenvalue weighted by Crippen LogP contribution is -2.52. The molecule has 0 bridgehead atoms. The number of likely N-dealkylation sites (N-methyl/N-ethyl adjacent to an activating group) is 1. The van der Waals surface area contributed by atoms with Crippen molar-refractivity contribution >= 4 is 5.91 Å². The molecule has 1 amide bonds. The predicted octanol–water partition coefficient (Wildman–Crippen LogP) is 1.99. The average molecular weight is 283 g/mol. The van der Waals surface area contributed by atoms with E-state index in [1.54, 1.807) is 0 Å². The Kier molecular flexibility index (Phi) is 6.46. The molecule has 118 valence electrons. The van der Waals surface area contributed by atoms with Gasteiger partial charge in [-0.15, -0.1) is 0 Å². The van der Waals surface area contributed by atoms with Crippen LogP contribution in [0.15, 0.2) is 0 Å². The molecule has 0 heterocycles. The van der Waals surface area contributed by atoms with Crippen molar-refractivity contribution in [2.75, 3.05) is 20.6 Å². The van der Waals surface area contributed by atoms with Crippen LogP contribution in [0.25, 0.3) is 0 Å². The molecule has 0 spiro atoms. The molecule has 0 aromatic carbocycles. The van der Waals surface area contributed by atoms with Crippen molar-refractivity contribution in [2.24, 2.45) is 17.1 Å². The van der Waals surface area contributed by atoms with Gasteiger partial charge in [0.05, 0.1) is 6.04 Å². The smallest absolute Gasteiger partial charge is 0.237 e. The highest BCUT2D eigenvalue weighted by molar-refractivity contribution is 5.82. The lowest BCUT2D eigenvalue weighted by molar-refractivity contribution is -0.124. The number of hydrogen-bond acceptors (Lipinski definition) is 3. The van der Waals surface area contributed by atoms with E-state index < -0.39 is 6.04 Å². The first-order chi connectivity index (χ1) is 9.23. The molecule has 1 saturated carbocycles. The Balaban J connectivity index is 2.52. The summed E-state index contributed by atoms with van der Waals surface area (Å²) in [6, 6.07) is -0.0249. The van der Waals surface area contributed by atoms with Crippen molar-refractivity contribution in [1.82, 2.24) is 10.2 Å². The SMILES string of the molecule is CN(C)C(CNC(=O)[C@@H](N)C(C)(C)C)C1CCCCC1. The molecule has 0 saturated heterocycles. The van der Waals surface area contributed by atoms with Gasteiger partial charge in [-0.1, -0.05) is 40.0 Å². The predicted molar refractivity (Wildman–Crippen MR) is 84.5 cm³/mol. The van der Waals surface area contributed by atoms with E-state index in [0.29, 0.717) is 18.5 Å². The van der Waals surface area contributed by atoms with E-state index in [2.05, 4.69) is 24.3 Å². The van der Waals surface area contributed by atoms with Crippen molar-refractivity contribution in [1.29, 1.82) is 0 Å². The van der Waals surface area contributed by atoms with Crippen molar-refractivity contribution in [3.63, 3.8) is 0 Å². The maximum Gasteiger partial charge on any atom is 0.237 e. The lowest BCUT2D eigenvalue weighted by Gasteiger charge is -2.35. The van der Waals surface area contributed by atoms with Crippen molar-refractivity contribution in [2.45, 2.75) is 65.0 Å². The normalized spacial score (nSPS) is 20.8. The van der Waals surface area contributed by atoms with E-state index >= 15 is 0 Å². The quantitative estimate of drug-likeness (QED) is 0.811. The Morgan fingerprint density at radius 1 is 1.25 bits per heavy atom. The Hall–Kier alpha value is -0.610. The van der Waals surface area contributed by atoms with E-state index in [9.17, 15) is 4.79 Å². The molecular weight excluding hydrogens is 250 g/mol. The number of hydrogen-bond donors (Lipinski definition) is 2. The number of nitrogens with two attached hydrogens (primary N) is 1. The number of carbonyl (C=O) groups excluding carboxylic acids is 1. The zero-order valence-corrected chi connectivity index (χ0v) is 13.9. The number of nitrogens with one attached hydrogen (secondary N) is 1. The molecule has 2 atom stereocenters. The topological polar surface area (TPSA) is 58.4 Å². The van der Waals surface area contributed by atoms with Gasteiger partial charge in [0.25, 0.3) is 0 Å². The summed E-state index contributed by atoms with van der Waals surface area (Å²) in [5.74, 6) is 0.671. The van der Waals surface area contributed by atoms with E-state index in [0.717, 1.165) is 0 Å². The Bertz CT molecular complexity index is 303. The van der Waals surface area contributed by atoms with Crippen LogP contribution in [0.2, 0.25) is 0 Å². The fourth-order valence-electron chi connectivity index (χ4n) is 3.00. The maximum atomic E-state index is 12.1. The van der Waals surface area contributed by atoms with Crippen LogP contribution in [0.3, 0.4) is 0 Å². The number of rotatable bonds is 5. The fourth-order valence-corrected chi connectivity index (χ4v) is 3.00. The Labute approximate surface area is 124 Å². The highest BCUT2D eigenvalue weighted by Crippen LogP contribution is 2.28. The molecule has 3 N–H and O–H groups in total. The third-order valence-corrected chi connectivity index (χ3v) is 4.56. The van der Waals surface area contributed by atoms with Crippen LogP contribution in [-0.4, -0.2) is 43.5 Å². The number of nitrogens with zero attached hydrogens (tertiary/aromatic N) is 1. The summed E-state index contributed by atoms with van der Waals surface area (Å²) in [6.45, 7) is 6.71. The summed E-state index contributed by atoms with van der Waals surface area (Å²) in [4.78, 5) is 14.4. The summed E-state index contributed by atoms with van der Waals surface area (Å²) in [7, 11) is 4.21. The van der Waals surface area contributed by atoms with Crippen LogP contribution < -0.4 is 11.1 Å². The average Bonchev–Trinajstić information content (AvgIpc) is 2.37. The van der Waals surface area contributed by atoms with Gasteiger partial charge in [0.15, 0.2) is 0 Å². The van der Waals surface area contributed by atoms with Crippen molar-refractivity contribution < 1.29 is 4.79 Å². The number of amides is 1. The Morgan fingerprint density at radius 3 is 2.25 bits per heavy atom. The van der Waals surface area contributed by atoms with Gasteiger partial charge in [-0.05, 0) is 38.3 Å². The van der Waals surface area contributed by atoms with Crippen LogP contribution in [0.4, 0.5) is 0 Å². The summed E-state index contributed by atoms with van der Waals surface area (Å²) >= 11 is 0. The van der Waals surface area contributed by atoms with Gasteiger partial charge >= 0.3 is 0 Å². The van der Waals surface area contributed by atoms with E-state index in [1.165, 1.54) is 32.1 Å². The second kappa shape index (κ2) is 7.41. The molecule has 1 unspecified atom stereocenters. The first-order valence-corrected chi connectivity index (χ1v) is 7.93. The van der Waals surface area contributed by atoms with Gasteiger partial charge in [-0.25, -0.2) is 0 Å².